The first-order valence-electron chi connectivity index (χ1n) is 31.9. The van der Waals surface area contributed by atoms with Crippen molar-refractivity contribution in [1.29, 1.82) is 0 Å². The smallest absolute Gasteiger partial charge is 0.472 e. The normalized spacial score (nSPS) is 12.3. The minimum atomic E-state index is -4.76. The number of nitrogens with one attached hydrogen (secondary N) is 1. The Morgan fingerprint density at radius 3 is 1.40 bits per heavy atom. The number of unbranched alkanes of at least 4 members (excludes halogenated alkanes) is 22. The van der Waals surface area contributed by atoms with Crippen molar-refractivity contribution in [2.45, 2.75) is 219 Å². The molecule has 0 aliphatic heterocycles. The molecule has 2 atom stereocenters. The first-order valence-corrected chi connectivity index (χ1v) is 34.1. The number of phosphoric acid groups is 1. The Bertz CT molecular complexity index is 2420. The molecule has 88 heavy (non-hydrogen) atoms. The second-order valence-corrected chi connectivity index (χ2v) is 23.9. The van der Waals surface area contributed by atoms with Crippen molar-refractivity contribution in [3.05, 3.63) is 86.9 Å². The number of methoxy groups -OCH3 is 4. The summed E-state index contributed by atoms with van der Waals surface area (Å²) < 4.78 is 60.3. The van der Waals surface area contributed by atoms with Crippen molar-refractivity contribution in [1.82, 2.24) is 5.32 Å². The number of rotatable bonds is 52. The van der Waals surface area contributed by atoms with E-state index in [9.17, 15) is 38.2 Å². The zero-order valence-electron chi connectivity index (χ0n) is 53.4. The van der Waals surface area contributed by atoms with E-state index in [0.717, 1.165) is 77.0 Å². The lowest BCUT2D eigenvalue weighted by Gasteiger charge is -2.20. The number of carbonyl (C=O) groups is 6. The quantitative estimate of drug-likeness (QED) is 0.0206. The van der Waals surface area contributed by atoms with Gasteiger partial charge in [-0.25, -0.2) is 14.2 Å². The minimum Gasteiger partial charge on any atom is -0.494 e. The molecular formula is C67H102Cl2NO17P. The molecule has 0 saturated carbocycles. The van der Waals surface area contributed by atoms with Crippen LogP contribution in [0, 0.1) is 0 Å². The summed E-state index contributed by atoms with van der Waals surface area (Å²) in [7, 11) is 0.338. The highest BCUT2D eigenvalue weighted by atomic mass is 35.5. The number of carbonyl (C=O) groups excluding carboxylic acids is 6. The van der Waals surface area contributed by atoms with Gasteiger partial charge in [0.25, 0.3) is 0 Å². The van der Waals surface area contributed by atoms with Gasteiger partial charge in [0, 0.05) is 32.2 Å². The topological polar surface area (TPSA) is 235 Å². The Balaban J connectivity index is 1.90. The molecular weight excluding hydrogens is 1190 g/mol. The Hall–Kier alpha value is -5.23. The number of allylic oxidation sites excluding steroid dienone is 4. The van der Waals surface area contributed by atoms with E-state index in [1.807, 2.05) is 0 Å². The maximum atomic E-state index is 13.0. The maximum absolute atomic E-state index is 13.0. The summed E-state index contributed by atoms with van der Waals surface area (Å²) in [5, 5.41) is 2.66. The van der Waals surface area contributed by atoms with Gasteiger partial charge in [-0.1, -0.05) is 170 Å². The molecule has 0 aromatic heterocycles. The number of ether oxygens (including phenoxy) is 7. The fourth-order valence-corrected chi connectivity index (χ4v) is 10.8. The van der Waals surface area contributed by atoms with E-state index in [1.54, 1.807) is 6.08 Å². The van der Waals surface area contributed by atoms with Crippen LogP contribution in [-0.4, -0.2) is 108 Å². The van der Waals surface area contributed by atoms with Crippen LogP contribution < -0.4 is 14.8 Å². The number of phosphoric ester groups is 1. The highest BCUT2D eigenvalue weighted by Crippen LogP contribution is 2.43. The van der Waals surface area contributed by atoms with Gasteiger partial charge in [-0.3, -0.25) is 28.2 Å². The molecule has 2 N–H and O–H groups in total. The number of benzene rings is 2. The summed E-state index contributed by atoms with van der Waals surface area (Å²) in [5.41, 5.74) is 1.22. The number of halogens is 2. The third kappa shape index (κ3) is 35.8. The van der Waals surface area contributed by atoms with E-state index < -0.39 is 62.9 Å². The monoisotopic (exact) mass is 1290 g/mol. The Kier molecular flexibility index (Phi) is 44.4. The molecule has 0 aliphatic rings. The van der Waals surface area contributed by atoms with Crippen LogP contribution in [-0.2, 0) is 56.5 Å². The highest BCUT2D eigenvalue weighted by molar-refractivity contribution is 7.47. The lowest BCUT2D eigenvalue weighted by atomic mass is 9.93. The molecule has 2 rings (SSSR count). The van der Waals surface area contributed by atoms with Crippen molar-refractivity contribution in [2.24, 2.45) is 0 Å². The summed E-state index contributed by atoms with van der Waals surface area (Å²) in [6, 6.07) is 6.04. The van der Waals surface area contributed by atoms with Crippen LogP contribution in [0.15, 0.2) is 54.6 Å². The largest absolute Gasteiger partial charge is 0.494 e. The number of amides is 1. The predicted molar refractivity (Wildman–Crippen MR) is 345 cm³/mol. The van der Waals surface area contributed by atoms with E-state index in [4.69, 9.17) is 65.4 Å². The van der Waals surface area contributed by atoms with E-state index in [1.165, 1.54) is 130 Å². The molecule has 0 radical (unpaired) electrons. The van der Waals surface area contributed by atoms with Gasteiger partial charge in [-0.15, -0.1) is 0 Å². The van der Waals surface area contributed by atoms with Gasteiger partial charge in [0.2, 0.25) is 5.91 Å². The first kappa shape index (κ1) is 78.9. The van der Waals surface area contributed by atoms with Crippen molar-refractivity contribution in [2.75, 3.05) is 61.4 Å². The molecule has 0 saturated heterocycles. The van der Waals surface area contributed by atoms with Crippen molar-refractivity contribution >= 4 is 72.4 Å². The standard InChI is InChI=1S/C67H102Cl2NO17P/c1-7-9-11-13-15-17-19-21-23-25-27-29-31-33-35-39-61(72)84-50-54(87-63(74)40-36-34-32-30-28-26-24-22-20-18-16-14-12-10-8-2)51-86-88(77,78)85-45-43-70-60(71)41-42-62(73)83-44-37-38-55(52-46-56(66(75)81-5)64(79-3)58(68)48-52)53-47-57(67(76)82-6)65(80-4)59(69)49-53/h21-24,38,46-49,54H,7-20,25-37,39-45,50-51H2,1-6H3,(H,70,71)(H,77,78)/b23-21+,24-22+. The zero-order valence-corrected chi connectivity index (χ0v) is 55.8. The zero-order chi connectivity index (χ0) is 64.6. The van der Waals surface area contributed by atoms with E-state index in [2.05, 4.69) is 43.5 Å². The molecule has 0 heterocycles. The lowest BCUT2D eigenvalue weighted by molar-refractivity contribution is -0.161. The van der Waals surface area contributed by atoms with Crippen LogP contribution in [0.4, 0.5) is 0 Å². The van der Waals surface area contributed by atoms with Crippen LogP contribution >= 0.6 is 31.0 Å². The molecule has 2 aromatic rings. The Labute approximate surface area is 534 Å². The molecule has 0 fully saturated rings. The van der Waals surface area contributed by atoms with Crippen LogP contribution in [0.2, 0.25) is 10.0 Å². The minimum absolute atomic E-state index is 0.0126. The fourth-order valence-electron chi connectivity index (χ4n) is 9.46. The van der Waals surface area contributed by atoms with Gasteiger partial charge in [-0.05, 0) is 105 Å². The Morgan fingerprint density at radius 1 is 0.511 bits per heavy atom. The third-order valence-corrected chi connectivity index (χ3v) is 15.9. The fraction of sp³-hybridized carbons (Fsp3) is 0.642. The number of hydrogen-bond donors (Lipinski definition) is 2. The summed E-state index contributed by atoms with van der Waals surface area (Å²) in [6.07, 6.45) is 38.5. The van der Waals surface area contributed by atoms with Gasteiger partial charge in [0.15, 0.2) is 17.6 Å². The molecule has 21 heteroatoms. The van der Waals surface area contributed by atoms with Crippen LogP contribution in [0.25, 0.3) is 5.57 Å². The van der Waals surface area contributed by atoms with Gasteiger partial charge < -0.3 is 43.4 Å². The second-order valence-electron chi connectivity index (χ2n) is 21.6. The molecule has 0 bridgehead atoms. The van der Waals surface area contributed by atoms with Crippen LogP contribution in [0.5, 0.6) is 11.5 Å². The maximum Gasteiger partial charge on any atom is 0.472 e. The summed E-state index contributed by atoms with van der Waals surface area (Å²) in [4.78, 5) is 87.2. The summed E-state index contributed by atoms with van der Waals surface area (Å²) in [6.45, 7) is 2.65. The van der Waals surface area contributed by atoms with E-state index in [0.29, 0.717) is 29.5 Å². The summed E-state index contributed by atoms with van der Waals surface area (Å²) in [5.74, 6) is -3.62. The predicted octanol–water partition coefficient (Wildman–Crippen LogP) is 16.5. The van der Waals surface area contributed by atoms with E-state index >= 15 is 0 Å². The van der Waals surface area contributed by atoms with Crippen molar-refractivity contribution < 1.29 is 80.4 Å². The van der Waals surface area contributed by atoms with Gasteiger partial charge in [0.1, 0.15) is 17.7 Å². The number of esters is 5. The first-order chi connectivity index (χ1) is 42.5. The highest BCUT2D eigenvalue weighted by Gasteiger charge is 2.27. The molecule has 2 aromatic carbocycles. The van der Waals surface area contributed by atoms with Crippen LogP contribution in [0.1, 0.15) is 245 Å². The Morgan fingerprint density at radius 2 is 0.943 bits per heavy atom. The SMILES string of the molecule is CCCCCCCC/C=C/CCCCCCCC(=O)OCC(COP(=O)(O)OCCNC(=O)CCC(=O)OCCC=C(c1cc(Cl)c(OC)c(C(=O)OC)c1)c1cc(Cl)c(OC)c(C(=O)OC)c1)OC(=O)CCCCCCC/C=C/CCCCCCCC. The average Bonchev–Trinajstić information content (AvgIpc) is 2.73. The van der Waals surface area contributed by atoms with Crippen molar-refractivity contribution in [3.8, 4) is 11.5 Å². The molecule has 0 spiro atoms. The molecule has 0 aliphatic carbocycles. The van der Waals surface area contributed by atoms with Gasteiger partial charge in [0.05, 0.1) is 64.7 Å². The van der Waals surface area contributed by atoms with E-state index in [-0.39, 0.29) is 84.5 Å². The molecule has 1 amide bonds. The van der Waals surface area contributed by atoms with Gasteiger partial charge >= 0.3 is 37.7 Å². The number of hydrogen-bond acceptors (Lipinski definition) is 16. The second kappa shape index (κ2) is 49.5. The van der Waals surface area contributed by atoms with Gasteiger partial charge in [-0.2, -0.15) is 0 Å². The lowest BCUT2D eigenvalue weighted by Crippen LogP contribution is -2.30. The van der Waals surface area contributed by atoms with Crippen molar-refractivity contribution in [3.63, 3.8) is 0 Å². The van der Waals surface area contributed by atoms with Crippen LogP contribution in [0.3, 0.4) is 0 Å². The third-order valence-electron chi connectivity index (χ3n) is 14.3. The summed E-state index contributed by atoms with van der Waals surface area (Å²) >= 11 is 13.1. The molecule has 2 unspecified atom stereocenters. The average molecular weight is 1300 g/mol. The molecule has 496 valence electrons. The molecule has 18 nitrogen and oxygen atoms in total.